The molecule has 0 atom stereocenters. The fourth-order valence-corrected chi connectivity index (χ4v) is 6.06. The van der Waals surface area contributed by atoms with Gasteiger partial charge in [-0.1, -0.05) is 40.2 Å². The Morgan fingerprint density at radius 2 is 1.31 bits per heavy atom. The molecule has 1 heterocycles. The highest BCUT2D eigenvalue weighted by Gasteiger charge is 2.28. The van der Waals surface area contributed by atoms with Crippen LogP contribution in [0.3, 0.4) is 0 Å². The molecule has 3 aromatic carbocycles. The summed E-state index contributed by atoms with van der Waals surface area (Å²) in [4.78, 5) is 4.40. The Hall–Kier alpha value is -3.14. The minimum atomic E-state index is -3.95. The largest absolute Gasteiger partial charge is 0.497 e. The SMILES string of the molecule is COc1ccc(CN(Cc2ccc(OC)cc2)S(=O)(=O)c2cc(Br)cc3c(OC)nccc23)cc1. The zero-order chi connectivity index (χ0) is 25.0. The second-order valence-corrected chi connectivity index (χ2v) is 10.6. The summed E-state index contributed by atoms with van der Waals surface area (Å²) in [6.45, 7) is 0.350. The minimum absolute atomic E-state index is 0.171. The molecule has 182 valence electrons. The lowest BCUT2D eigenvalue weighted by Crippen LogP contribution is -2.30. The summed E-state index contributed by atoms with van der Waals surface area (Å²) in [7, 11) is 0.753. The predicted octanol–water partition coefficient (Wildman–Crippen LogP) is 5.41. The van der Waals surface area contributed by atoms with Crippen LogP contribution in [-0.2, 0) is 23.1 Å². The van der Waals surface area contributed by atoms with Gasteiger partial charge in [0.05, 0.1) is 26.2 Å². The summed E-state index contributed by atoms with van der Waals surface area (Å²) < 4.78 is 46.2. The van der Waals surface area contributed by atoms with Crippen LogP contribution in [0.2, 0.25) is 0 Å². The number of hydrogen-bond donors (Lipinski definition) is 0. The molecule has 0 saturated heterocycles. The number of hydrogen-bond acceptors (Lipinski definition) is 6. The number of methoxy groups -OCH3 is 3. The Morgan fingerprint density at radius 3 is 1.80 bits per heavy atom. The lowest BCUT2D eigenvalue weighted by molar-refractivity contribution is 0.398. The van der Waals surface area contributed by atoms with Gasteiger partial charge in [0.25, 0.3) is 0 Å². The molecule has 4 rings (SSSR count). The van der Waals surface area contributed by atoms with Crippen molar-refractivity contribution in [2.75, 3.05) is 21.3 Å². The van der Waals surface area contributed by atoms with Gasteiger partial charge in [0.2, 0.25) is 15.9 Å². The fourth-order valence-electron chi connectivity index (χ4n) is 3.80. The first-order valence-corrected chi connectivity index (χ1v) is 13.0. The highest BCUT2D eigenvalue weighted by atomic mass is 79.9. The Morgan fingerprint density at radius 1 is 0.771 bits per heavy atom. The van der Waals surface area contributed by atoms with E-state index >= 15 is 0 Å². The summed E-state index contributed by atoms with van der Waals surface area (Å²) in [5, 5.41) is 1.14. The highest BCUT2D eigenvalue weighted by Crippen LogP contribution is 2.34. The second kappa shape index (κ2) is 10.6. The predicted molar refractivity (Wildman–Crippen MR) is 138 cm³/mol. The quantitative estimate of drug-likeness (QED) is 0.274. The summed E-state index contributed by atoms with van der Waals surface area (Å²) in [5.74, 6) is 1.77. The molecule has 0 N–H and O–H groups in total. The van der Waals surface area contributed by atoms with Gasteiger partial charge in [0.1, 0.15) is 11.5 Å². The fraction of sp³-hybridized carbons (Fsp3) is 0.192. The number of nitrogens with zero attached hydrogens (tertiary/aromatic N) is 2. The molecular formula is C26H25BrN2O5S. The molecule has 9 heteroatoms. The molecule has 0 amide bonds. The van der Waals surface area contributed by atoms with Crippen LogP contribution in [0, 0.1) is 0 Å². The number of sulfonamides is 1. The van der Waals surface area contributed by atoms with Crippen molar-refractivity contribution in [2.45, 2.75) is 18.0 Å². The Kier molecular flexibility index (Phi) is 7.59. The third kappa shape index (κ3) is 5.42. The molecule has 4 aromatic rings. The lowest BCUT2D eigenvalue weighted by Gasteiger charge is -2.24. The van der Waals surface area contributed by atoms with Crippen LogP contribution >= 0.6 is 15.9 Å². The second-order valence-electron chi connectivity index (χ2n) is 7.79. The first-order chi connectivity index (χ1) is 16.8. The summed E-state index contributed by atoms with van der Waals surface area (Å²) in [6.07, 6.45) is 1.55. The van der Waals surface area contributed by atoms with Crippen LogP contribution in [0.5, 0.6) is 17.4 Å². The smallest absolute Gasteiger partial charge is 0.244 e. The summed E-state index contributed by atoms with van der Waals surface area (Å²) in [5.41, 5.74) is 1.67. The van der Waals surface area contributed by atoms with E-state index in [0.717, 1.165) is 11.1 Å². The van der Waals surface area contributed by atoms with E-state index in [4.69, 9.17) is 14.2 Å². The molecule has 35 heavy (non-hydrogen) atoms. The van der Waals surface area contributed by atoms with Gasteiger partial charge in [-0.05, 0) is 53.6 Å². The summed E-state index contributed by atoms with van der Waals surface area (Å²) in [6, 6.07) is 19.8. The first kappa shape index (κ1) is 25.0. The molecule has 0 spiro atoms. The third-order valence-corrected chi connectivity index (χ3v) is 7.91. The molecule has 0 unspecified atom stereocenters. The minimum Gasteiger partial charge on any atom is -0.497 e. The van der Waals surface area contributed by atoms with Gasteiger partial charge in [-0.3, -0.25) is 0 Å². The van der Waals surface area contributed by atoms with Crippen LogP contribution in [0.1, 0.15) is 11.1 Å². The molecule has 0 saturated carbocycles. The number of benzene rings is 3. The third-order valence-electron chi connectivity index (χ3n) is 5.62. The molecule has 0 radical (unpaired) electrons. The van der Waals surface area contributed by atoms with E-state index in [0.29, 0.717) is 32.6 Å². The van der Waals surface area contributed by atoms with E-state index in [9.17, 15) is 8.42 Å². The molecule has 7 nitrogen and oxygen atoms in total. The van der Waals surface area contributed by atoms with Crippen molar-refractivity contribution >= 4 is 36.7 Å². The van der Waals surface area contributed by atoms with Crippen molar-refractivity contribution in [3.8, 4) is 17.4 Å². The van der Waals surface area contributed by atoms with E-state index in [-0.39, 0.29) is 18.0 Å². The first-order valence-electron chi connectivity index (χ1n) is 10.7. The maximum absolute atomic E-state index is 14.1. The number of fused-ring (bicyclic) bond motifs is 1. The molecule has 1 aromatic heterocycles. The van der Waals surface area contributed by atoms with Gasteiger partial charge in [-0.25, -0.2) is 13.4 Å². The van der Waals surface area contributed by atoms with Crippen molar-refractivity contribution in [3.63, 3.8) is 0 Å². The zero-order valence-electron chi connectivity index (χ0n) is 19.6. The molecule has 0 aliphatic heterocycles. The van der Waals surface area contributed by atoms with Crippen LogP contribution in [-0.4, -0.2) is 39.0 Å². The molecular weight excluding hydrogens is 532 g/mol. The molecule has 0 fully saturated rings. The van der Waals surface area contributed by atoms with Crippen molar-refractivity contribution < 1.29 is 22.6 Å². The van der Waals surface area contributed by atoms with Gasteiger partial charge >= 0.3 is 0 Å². The standard InChI is InChI=1S/C26H25BrN2O5S/c1-32-21-8-4-18(5-9-21)16-29(17-19-6-10-22(33-2)11-7-19)35(30,31)25-15-20(27)14-24-23(25)12-13-28-26(24)34-3/h4-15H,16-17H2,1-3H3. The average Bonchev–Trinajstić information content (AvgIpc) is 2.88. The van der Waals surface area contributed by atoms with E-state index in [1.54, 1.807) is 38.6 Å². The zero-order valence-corrected chi connectivity index (χ0v) is 22.0. The van der Waals surface area contributed by atoms with Gasteiger partial charge in [-0.2, -0.15) is 4.31 Å². The van der Waals surface area contributed by atoms with Crippen molar-refractivity contribution in [1.29, 1.82) is 0 Å². The Bertz CT molecular complexity index is 1380. The van der Waals surface area contributed by atoms with Crippen LogP contribution < -0.4 is 14.2 Å². The topological polar surface area (TPSA) is 78.0 Å². The monoisotopic (exact) mass is 556 g/mol. The summed E-state index contributed by atoms with van der Waals surface area (Å²) >= 11 is 3.46. The number of pyridine rings is 1. The van der Waals surface area contributed by atoms with Crippen molar-refractivity contribution in [2.24, 2.45) is 0 Å². The number of rotatable bonds is 9. The Labute approximate surface area is 213 Å². The Balaban J connectivity index is 1.81. The maximum Gasteiger partial charge on any atom is 0.244 e. The normalized spacial score (nSPS) is 11.6. The van der Waals surface area contributed by atoms with Crippen molar-refractivity contribution in [3.05, 3.63) is 88.5 Å². The van der Waals surface area contributed by atoms with E-state index in [1.165, 1.54) is 11.4 Å². The lowest BCUT2D eigenvalue weighted by atomic mass is 10.2. The van der Waals surface area contributed by atoms with E-state index in [1.807, 2.05) is 48.5 Å². The van der Waals surface area contributed by atoms with Gasteiger partial charge in [-0.15, -0.1) is 0 Å². The number of ether oxygens (including phenoxy) is 3. The van der Waals surface area contributed by atoms with Crippen LogP contribution in [0.4, 0.5) is 0 Å². The number of halogens is 1. The van der Waals surface area contributed by atoms with Crippen LogP contribution in [0.25, 0.3) is 10.8 Å². The van der Waals surface area contributed by atoms with Gasteiger partial charge in [0.15, 0.2) is 0 Å². The van der Waals surface area contributed by atoms with Crippen molar-refractivity contribution in [1.82, 2.24) is 9.29 Å². The number of aromatic nitrogens is 1. The van der Waals surface area contributed by atoms with Gasteiger partial charge < -0.3 is 14.2 Å². The average molecular weight is 557 g/mol. The van der Waals surface area contributed by atoms with E-state index in [2.05, 4.69) is 20.9 Å². The van der Waals surface area contributed by atoms with E-state index < -0.39 is 10.0 Å². The maximum atomic E-state index is 14.1. The molecule has 0 bridgehead atoms. The molecule has 0 aliphatic rings. The van der Waals surface area contributed by atoms with Gasteiger partial charge in [0, 0.05) is 34.5 Å². The van der Waals surface area contributed by atoms with Crippen LogP contribution in [0.15, 0.2) is 82.3 Å². The molecule has 0 aliphatic carbocycles. The highest BCUT2D eigenvalue weighted by molar-refractivity contribution is 9.10.